The topological polar surface area (TPSA) is 105 Å². The average molecular weight is 500 g/mol. The summed E-state index contributed by atoms with van der Waals surface area (Å²) < 4.78 is 31.2. The number of methoxy groups -OCH3 is 1. The standard InChI is InChI=1S/C24H25N5O3S.ClH/c1-25-33(30,31)16-17-11-13-20(14-12-17)27-24-28-22-18(15-32-2)7-6-10-21(22)23(29-24)26-19-8-4-3-5-9-19;/h3-14,25H,15-16H2,1-2H3,(H2,26,27,28,29);1H. The van der Waals surface area contributed by atoms with E-state index >= 15 is 0 Å². The largest absolute Gasteiger partial charge is 0.380 e. The Hall–Kier alpha value is -3.24. The minimum Gasteiger partial charge on any atom is -0.380 e. The van der Waals surface area contributed by atoms with Gasteiger partial charge in [-0.2, -0.15) is 4.98 Å². The van der Waals surface area contributed by atoms with E-state index in [-0.39, 0.29) is 18.2 Å². The minimum absolute atomic E-state index is 0. The van der Waals surface area contributed by atoms with Crippen LogP contribution in [0.25, 0.3) is 10.9 Å². The highest BCUT2D eigenvalue weighted by Crippen LogP contribution is 2.29. The molecular formula is C24H26ClN5O3S. The minimum atomic E-state index is -3.33. The van der Waals surface area contributed by atoms with E-state index in [1.54, 1.807) is 31.4 Å². The lowest BCUT2D eigenvalue weighted by molar-refractivity contribution is 0.186. The van der Waals surface area contributed by atoms with Crippen molar-refractivity contribution in [1.29, 1.82) is 0 Å². The van der Waals surface area contributed by atoms with Gasteiger partial charge in [-0.1, -0.05) is 42.5 Å². The number of fused-ring (bicyclic) bond motifs is 1. The molecule has 0 spiro atoms. The van der Waals surface area contributed by atoms with Crippen molar-refractivity contribution in [3.8, 4) is 0 Å². The molecule has 8 nitrogen and oxygen atoms in total. The predicted molar refractivity (Wildman–Crippen MR) is 139 cm³/mol. The van der Waals surface area contributed by atoms with Gasteiger partial charge in [-0.3, -0.25) is 0 Å². The highest BCUT2D eigenvalue weighted by Gasteiger charge is 2.13. The second-order valence-corrected chi connectivity index (χ2v) is 9.34. The number of halogens is 1. The Bertz CT molecular complexity index is 1350. The van der Waals surface area contributed by atoms with Gasteiger partial charge >= 0.3 is 0 Å². The fourth-order valence-electron chi connectivity index (χ4n) is 3.40. The molecule has 0 saturated heterocycles. The van der Waals surface area contributed by atoms with Crippen molar-refractivity contribution in [3.05, 3.63) is 83.9 Å². The van der Waals surface area contributed by atoms with Crippen molar-refractivity contribution in [2.24, 2.45) is 0 Å². The Morgan fingerprint density at radius 3 is 2.24 bits per heavy atom. The summed E-state index contributed by atoms with van der Waals surface area (Å²) in [6.45, 7) is 0.424. The lowest BCUT2D eigenvalue weighted by Gasteiger charge is -2.14. The first-order chi connectivity index (χ1) is 16.0. The fraction of sp³-hybridized carbons (Fsp3) is 0.167. The number of nitrogens with one attached hydrogen (secondary N) is 3. The number of rotatable bonds is 9. The number of aromatic nitrogens is 2. The van der Waals surface area contributed by atoms with Crippen LogP contribution in [-0.4, -0.2) is 32.5 Å². The van der Waals surface area contributed by atoms with Gasteiger partial charge in [0.15, 0.2) is 0 Å². The van der Waals surface area contributed by atoms with E-state index < -0.39 is 10.0 Å². The van der Waals surface area contributed by atoms with Crippen LogP contribution in [0.3, 0.4) is 0 Å². The molecular weight excluding hydrogens is 474 g/mol. The van der Waals surface area contributed by atoms with Crippen molar-refractivity contribution in [2.75, 3.05) is 24.8 Å². The molecule has 1 heterocycles. The number of nitrogens with zero attached hydrogens (tertiary/aromatic N) is 2. The van der Waals surface area contributed by atoms with Gasteiger partial charge in [0.1, 0.15) is 5.82 Å². The predicted octanol–water partition coefficient (Wildman–Crippen LogP) is 4.73. The Labute approximate surface area is 205 Å². The van der Waals surface area contributed by atoms with Crippen LogP contribution in [0.5, 0.6) is 0 Å². The van der Waals surface area contributed by atoms with Crippen LogP contribution in [0.2, 0.25) is 0 Å². The van der Waals surface area contributed by atoms with Gasteiger partial charge in [0.05, 0.1) is 17.9 Å². The second-order valence-electron chi connectivity index (χ2n) is 7.42. The summed E-state index contributed by atoms with van der Waals surface area (Å²) in [7, 11) is -0.275. The Balaban J connectivity index is 0.00000324. The summed E-state index contributed by atoms with van der Waals surface area (Å²) in [5.41, 5.74) is 4.07. The number of hydrogen-bond acceptors (Lipinski definition) is 7. The molecule has 0 saturated carbocycles. The zero-order valence-corrected chi connectivity index (χ0v) is 20.4. The molecule has 0 fully saturated rings. The Kier molecular flexibility index (Phi) is 8.41. The third-order valence-electron chi connectivity index (χ3n) is 5.02. The average Bonchev–Trinajstić information content (AvgIpc) is 2.82. The van der Waals surface area contributed by atoms with E-state index in [0.717, 1.165) is 27.8 Å². The molecule has 0 unspecified atom stereocenters. The monoisotopic (exact) mass is 499 g/mol. The summed E-state index contributed by atoms with van der Waals surface area (Å²) >= 11 is 0. The highest BCUT2D eigenvalue weighted by atomic mass is 35.5. The van der Waals surface area contributed by atoms with Crippen LogP contribution in [0.1, 0.15) is 11.1 Å². The molecule has 3 aromatic carbocycles. The van der Waals surface area contributed by atoms with Crippen LogP contribution in [-0.2, 0) is 27.1 Å². The van der Waals surface area contributed by atoms with E-state index in [1.807, 2.05) is 48.5 Å². The van der Waals surface area contributed by atoms with Gasteiger partial charge in [-0.15, -0.1) is 12.4 Å². The van der Waals surface area contributed by atoms with E-state index in [0.29, 0.717) is 23.9 Å². The molecule has 3 N–H and O–H groups in total. The number of benzene rings is 3. The number of anilines is 4. The summed E-state index contributed by atoms with van der Waals surface area (Å²) in [4.78, 5) is 9.45. The van der Waals surface area contributed by atoms with Gasteiger partial charge in [0.25, 0.3) is 0 Å². The molecule has 34 heavy (non-hydrogen) atoms. The van der Waals surface area contributed by atoms with E-state index in [1.165, 1.54) is 7.05 Å². The van der Waals surface area contributed by atoms with Gasteiger partial charge in [0, 0.05) is 29.4 Å². The maximum atomic E-state index is 11.8. The summed E-state index contributed by atoms with van der Waals surface area (Å²) in [5, 5.41) is 7.49. The molecule has 0 bridgehead atoms. The fourth-order valence-corrected chi connectivity index (χ4v) is 4.17. The van der Waals surface area contributed by atoms with Crippen LogP contribution in [0.15, 0.2) is 72.8 Å². The van der Waals surface area contributed by atoms with Crippen LogP contribution in [0, 0.1) is 0 Å². The molecule has 178 valence electrons. The van der Waals surface area contributed by atoms with E-state index in [2.05, 4.69) is 15.4 Å². The van der Waals surface area contributed by atoms with Crippen LogP contribution >= 0.6 is 12.4 Å². The van der Waals surface area contributed by atoms with Crippen molar-refractivity contribution in [3.63, 3.8) is 0 Å². The van der Waals surface area contributed by atoms with Crippen molar-refractivity contribution < 1.29 is 13.2 Å². The Morgan fingerprint density at radius 2 is 1.56 bits per heavy atom. The molecule has 0 aliphatic carbocycles. The number of para-hydroxylation sites is 2. The quantitative estimate of drug-likeness (QED) is 0.305. The third kappa shape index (κ3) is 6.21. The summed E-state index contributed by atoms with van der Waals surface area (Å²) in [6.07, 6.45) is 0. The molecule has 4 rings (SSSR count). The van der Waals surface area contributed by atoms with Crippen molar-refractivity contribution in [2.45, 2.75) is 12.4 Å². The van der Waals surface area contributed by atoms with Crippen molar-refractivity contribution in [1.82, 2.24) is 14.7 Å². The lowest BCUT2D eigenvalue weighted by Crippen LogP contribution is -2.20. The molecule has 0 atom stereocenters. The molecule has 4 aromatic rings. The third-order valence-corrected chi connectivity index (χ3v) is 6.36. The van der Waals surface area contributed by atoms with Gasteiger partial charge in [-0.05, 0) is 42.9 Å². The number of sulfonamides is 1. The van der Waals surface area contributed by atoms with Crippen LogP contribution < -0.4 is 15.4 Å². The maximum Gasteiger partial charge on any atom is 0.229 e. The summed E-state index contributed by atoms with van der Waals surface area (Å²) in [6, 6.07) is 22.9. The molecule has 0 aliphatic rings. The van der Waals surface area contributed by atoms with E-state index in [9.17, 15) is 8.42 Å². The second kappa shape index (κ2) is 11.3. The van der Waals surface area contributed by atoms with Gasteiger partial charge in [-0.25, -0.2) is 18.1 Å². The van der Waals surface area contributed by atoms with Crippen LogP contribution in [0.4, 0.5) is 23.1 Å². The molecule has 1 aromatic heterocycles. The SMILES string of the molecule is CNS(=O)(=O)Cc1ccc(Nc2nc(Nc3ccccc3)c3cccc(COC)c3n2)cc1.Cl. The first-order valence-corrected chi connectivity index (χ1v) is 12.0. The molecule has 0 radical (unpaired) electrons. The number of ether oxygens (including phenoxy) is 1. The first-order valence-electron chi connectivity index (χ1n) is 10.4. The summed E-state index contributed by atoms with van der Waals surface area (Å²) in [5.74, 6) is 1.00. The molecule has 0 amide bonds. The lowest BCUT2D eigenvalue weighted by atomic mass is 10.1. The Morgan fingerprint density at radius 1 is 0.853 bits per heavy atom. The zero-order valence-electron chi connectivity index (χ0n) is 18.8. The normalized spacial score (nSPS) is 11.1. The van der Waals surface area contributed by atoms with Crippen molar-refractivity contribution >= 4 is 56.5 Å². The number of hydrogen-bond donors (Lipinski definition) is 3. The molecule has 0 aliphatic heterocycles. The first kappa shape index (κ1) is 25.4. The van der Waals surface area contributed by atoms with Gasteiger partial charge in [0.2, 0.25) is 16.0 Å². The van der Waals surface area contributed by atoms with Gasteiger partial charge < -0.3 is 15.4 Å². The smallest absolute Gasteiger partial charge is 0.229 e. The van der Waals surface area contributed by atoms with E-state index in [4.69, 9.17) is 14.7 Å². The maximum absolute atomic E-state index is 11.8. The zero-order chi connectivity index (χ0) is 23.3. The highest BCUT2D eigenvalue weighted by molar-refractivity contribution is 7.88. The molecule has 10 heteroatoms.